The van der Waals surface area contributed by atoms with E-state index in [1.807, 2.05) is 0 Å². The van der Waals surface area contributed by atoms with Crippen molar-refractivity contribution >= 4 is 60.4 Å². The molecule has 2 heteroatoms. The molecule has 0 aliphatic heterocycles. The molecule has 70 heavy (non-hydrogen) atoms. The van der Waals surface area contributed by atoms with Crippen LogP contribution in [0.15, 0.2) is 279 Å². The molecule has 1 aromatic heterocycles. The molecular formula is C68H46N2. The molecule has 0 saturated heterocycles. The highest BCUT2D eigenvalue weighted by molar-refractivity contribution is 6.14. The van der Waals surface area contributed by atoms with Gasteiger partial charge in [-0.1, -0.05) is 206 Å². The molecule has 0 atom stereocenters. The number of hydrogen-bond donors (Lipinski definition) is 0. The third-order valence-electron chi connectivity index (χ3n) is 13.9. The van der Waals surface area contributed by atoms with Crippen molar-refractivity contribution in [2.24, 2.45) is 0 Å². The molecule has 0 radical (unpaired) electrons. The third kappa shape index (κ3) is 7.49. The summed E-state index contributed by atoms with van der Waals surface area (Å²) >= 11 is 0. The van der Waals surface area contributed by atoms with Crippen LogP contribution < -0.4 is 4.90 Å². The summed E-state index contributed by atoms with van der Waals surface area (Å²) in [5, 5.41) is 7.40. The van der Waals surface area contributed by atoms with Gasteiger partial charge in [-0.3, -0.25) is 0 Å². The van der Waals surface area contributed by atoms with E-state index in [0.29, 0.717) is 0 Å². The zero-order valence-corrected chi connectivity index (χ0v) is 38.5. The maximum atomic E-state index is 2.45. The van der Waals surface area contributed by atoms with E-state index in [4.69, 9.17) is 0 Å². The maximum Gasteiger partial charge on any atom is 0.0547 e. The molecule has 0 aliphatic rings. The lowest BCUT2D eigenvalue weighted by Gasteiger charge is -2.27. The predicted octanol–water partition coefficient (Wildman–Crippen LogP) is 18.9. The van der Waals surface area contributed by atoms with Gasteiger partial charge in [0.1, 0.15) is 0 Å². The number of hydrogen-bond acceptors (Lipinski definition) is 1. The Kier molecular flexibility index (Phi) is 10.2. The minimum atomic E-state index is 1.08. The largest absolute Gasteiger partial charge is 0.310 e. The minimum Gasteiger partial charge on any atom is -0.310 e. The summed E-state index contributed by atoms with van der Waals surface area (Å²) in [6.07, 6.45) is 0. The van der Waals surface area contributed by atoms with Crippen LogP contribution in [0.5, 0.6) is 0 Å². The summed E-state index contributed by atoms with van der Waals surface area (Å²) < 4.78 is 2.45. The standard InChI is InChI=1S/C68H46N2/c1-4-16-47(17-5-1)49-28-30-50(31-29-49)51-32-36-59(37-33-51)69(62-41-56-24-12-13-25-63(56)65(46-62)53-20-8-3-9-21-53)60-38-34-52(35-39-60)58-40-57(48-18-6-2-7-19-48)42-61(43-58)70-67-27-15-14-26-64(67)66-44-54-22-10-11-23-55(54)45-68(66)70/h1-46H. The van der Waals surface area contributed by atoms with Crippen molar-refractivity contribution in [3.8, 4) is 61.3 Å². The van der Waals surface area contributed by atoms with Gasteiger partial charge >= 0.3 is 0 Å². The Morgan fingerprint density at radius 3 is 1.24 bits per heavy atom. The lowest BCUT2D eigenvalue weighted by molar-refractivity contribution is 1.18. The fourth-order valence-electron chi connectivity index (χ4n) is 10.5. The molecule has 0 fully saturated rings. The lowest BCUT2D eigenvalue weighted by atomic mass is 9.96. The van der Waals surface area contributed by atoms with Gasteiger partial charge in [-0.15, -0.1) is 0 Å². The van der Waals surface area contributed by atoms with Gasteiger partial charge in [0.25, 0.3) is 0 Å². The van der Waals surface area contributed by atoms with Crippen LogP contribution in [0.4, 0.5) is 17.1 Å². The van der Waals surface area contributed by atoms with Crippen LogP contribution in [-0.2, 0) is 0 Å². The van der Waals surface area contributed by atoms with Gasteiger partial charge in [0.15, 0.2) is 0 Å². The topological polar surface area (TPSA) is 8.17 Å². The molecule has 0 amide bonds. The van der Waals surface area contributed by atoms with Gasteiger partial charge in [-0.2, -0.15) is 0 Å². The van der Waals surface area contributed by atoms with E-state index in [1.54, 1.807) is 0 Å². The molecule has 328 valence electrons. The van der Waals surface area contributed by atoms with Gasteiger partial charge in [-0.25, -0.2) is 0 Å². The zero-order valence-electron chi connectivity index (χ0n) is 38.5. The molecule has 2 nitrogen and oxygen atoms in total. The zero-order chi connectivity index (χ0) is 46.4. The number of rotatable bonds is 9. The Labute approximate surface area is 408 Å². The van der Waals surface area contributed by atoms with Crippen LogP contribution in [0.1, 0.15) is 0 Å². The second kappa shape index (κ2) is 17.4. The predicted molar refractivity (Wildman–Crippen MR) is 298 cm³/mol. The molecule has 0 aliphatic carbocycles. The summed E-state index contributed by atoms with van der Waals surface area (Å²) in [7, 11) is 0. The van der Waals surface area contributed by atoms with Crippen molar-refractivity contribution in [2.75, 3.05) is 4.90 Å². The Bertz CT molecular complexity index is 4000. The first-order chi connectivity index (χ1) is 34.7. The average Bonchev–Trinajstić information content (AvgIpc) is 3.76. The van der Waals surface area contributed by atoms with E-state index in [9.17, 15) is 0 Å². The Morgan fingerprint density at radius 2 is 0.657 bits per heavy atom. The van der Waals surface area contributed by atoms with Gasteiger partial charge in [-0.05, 0) is 150 Å². The fourth-order valence-corrected chi connectivity index (χ4v) is 10.5. The van der Waals surface area contributed by atoms with Crippen molar-refractivity contribution < 1.29 is 0 Å². The number of aromatic nitrogens is 1. The normalized spacial score (nSPS) is 11.4. The van der Waals surface area contributed by atoms with E-state index >= 15 is 0 Å². The summed E-state index contributed by atoms with van der Waals surface area (Å²) in [5.74, 6) is 0. The molecule has 13 aromatic rings. The molecule has 0 bridgehead atoms. The number of para-hydroxylation sites is 1. The summed E-state index contributed by atoms with van der Waals surface area (Å²) in [5.41, 5.74) is 18.6. The highest BCUT2D eigenvalue weighted by Gasteiger charge is 2.19. The van der Waals surface area contributed by atoms with E-state index in [0.717, 1.165) is 33.9 Å². The van der Waals surface area contributed by atoms with Gasteiger partial charge in [0.05, 0.1) is 11.0 Å². The van der Waals surface area contributed by atoms with E-state index in [-0.39, 0.29) is 0 Å². The summed E-state index contributed by atoms with van der Waals surface area (Å²) in [4.78, 5) is 2.40. The highest BCUT2D eigenvalue weighted by Crippen LogP contribution is 2.43. The van der Waals surface area contributed by atoms with Crippen LogP contribution in [0.3, 0.4) is 0 Å². The number of anilines is 3. The quantitative estimate of drug-likeness (QED) is 0.140. The lowest BCUT2D eigenvalue weighted by Crippen LogP contribution is -2.10. The molecule has 12 aromatic carbocycles. The van der Waals surface area contributed by atoms with E-state index in [2.05, 4.69) is 289 Å². The Hall–Kier alpha value is -9.24. The Morgan fingerprint density at radius 1 is 0.229 bits per heavy atom. The van der Waals surface area contributed by atoms with Crippen molar-refractivity contribution in [3.63, 3.8) is 0 Å². The van der Waals surface area contributed by atoms with Crippen LogP contribution in [0, 0.1) is 0 Å². The fraction of sp³-hybridized carbons (Fsp3) is 0. The van der Waals surface area contributed by atoms with Gasteiger partial charge in [0.2, 0.25) is 0 Å². The van der Waals surface area contributed by atoms with Crippen molar-refractivity contribution in [1.82, 2.24) is 4.57 Å². The van der Waals surface area contributed by atoms with E-state index < -0.39 is 0 Å². The summed E-state index contributed by atoms with van der Waals surface area (Å²) in [6, 6.07) is 102. The molecule has 0 N–H and O–H groups in total. The van der Waals surface area contributed by atoms with Crippen molar-refractivity contribution in [2.45, 2.75) is 0 Å². The number of benzene rings is 12. The average molecular weight is 891 g/mol. The SMILES string of the molecule is c1ccc(-c2ccc(-c3ccc(N(c4ccc(-c5cc(-c6ccccc6)cc(-n6c7ccccc7c7cc8ccccc8cc76)c5)cc4)c4cc(-c5ccccc5)c5ccccc5c4)cc3)cc2)cc1. The van der Waals surface area contributed by atoms with Crippen molar-refractivity contribution in [1.29, 1.82) is 0 Å². The van der Waals surface area contributed by atoms with Gasteiger partial charge < -0.3 is 9.47 Å². The molecule has 0 saturated carbocycles. The number of fused-ring (bicyclic) bond motifs is 5. The monoisotopic (exact) mass is 890 g/mol. The molecule has 0 spiro atoms. The first kappa shape index (κ1) is 41.0. The summed E-state index contributed by atoms with van der Waals surface area (Å²) in [6.45, 7) is 0. The number of nitrogens with zero attached hydrogens (tertiary/aromatic N) is 2. The molecular weight excluding hydrogens is 845 g/mol. The molecule has 1 heterocycles. The van der Waals surface area contributed by atoms with E-state index in [1.165, 1.54) is 87.9 Å². The van der Waals surface area contributed by atoms with Crippen LogP contribution in [-0.4, -0.2) is 4.57 Å². The highest BCUT2D eigenvalue weighted by atomic mass is 15.1. The smallest absolute Gasteiger partial charge is 0.0547 e. The van der Waals surface area contributed by atoms with Crippen LogP contribution >= 0.6 is 0 Å². The maximum absolute atomic E-state index is 2.45. The van der Waals surface area contributed by atoms with Gasteiger partial charge in [0, 0.05) is 33.5 Å². The first-order valence-electron chi connectivity index (χ1n) is 24.1. The second-order valence-electron chi connectivity index (χ2n) is 18.2. The van der Waals surface area contributed by atoms with Crippen molar-refractivity contribution in [3.05, 3.63) is 279 Å². The minimum absolute atomic E-state index is 1.08. The Balaban J connectivity index is 0.945. The molecule has 0 unspecified atom stereocenters. The first-order valence-corrected chi connectivity index (χ1v) is 24.1. The molecule has 13 rings (SSSR count). The van der Waals surface area contributed by atoms with Crippen LogP contribution in [0.2, 0.25) is 0 Å². The second-order valence-corrected chi connectivity index (χ2v) is 18.2. The van der Waals surface area contributed by atoms with Crippen LogP contribution in [0.25, 0.3) is 105 Å². The third-order valence-corrected chi connectivity index (χ3v) is 13.9.